The van der Waals surface area contributed by atoms with E-state index < -0.39 is 0 Å². The van der Waals surface area contributed by atoms with Crippen LogP contribution in [0.1, 0.15) is 24.8 Å². The van der Waals surface area contributed by atoms with Gasteiger partial charge in [-0.2, -0.15) is 0 Å². The van der Waals surface area contributed by atoms with E-state index in [-0.39, 0.29) is 12.4 Å². The van der Waals surface area contributed by atoms with Crippen LogP contribution in [0.5, 0.6) is 5.75 Å². The molecule has 0 saturated carbocycles. The van der Waals surface area contributed by atoms with Crippen molar-refractivity contribution in [1.29, 1.82) is 0 Å². The normalized spacial score (nSPS) is 14.2. The first-order chi connectivity index (χ1) is 9.29. The third kappa shape index (κ3) is 5.02. The summed E-state index contributed by atoms with van der Waals surface area (Å²) in [6, 6.07) is 8.07. The number of likely N-dealkylation sites (tertiary alicyclic amines) is 1. The molecule has 0 atom stereocenters. The topological polar surface area (TPSA) is 41.6 Å². The molecule has 0 bridgehead atoms. The zero-order valence-electron chi connectivity index (χ0n) is 11.9. The van der Waals surface area contributed by atoms with E-state index in [9.17, 15) is 4.79 Å². The van der Waals surface area contributed by atoms with E-state index in [0.717, 1.165) is 51.2 Å². The van der Waals surface area contributed by atoms with Crippen molar-refractivity contribution in [1.82, 2.24) is 10.2 Å². The summed E-state index contributed by atoms with van der Waals surface area (Å²) in [5, 5.41) is 3.40. The van der Waals surface area contributed by atoms with Crippen LogP contribution >= 0.6 is 0 Å². The minimum absolute atomic E-state index is 0. The molecular weight excluding hydrogens is 276 g/mol. The summed E-state index contributed by atoms with van der Waals surface area (Å²) in [6.45, 7) is 3.62. The van der Waals surface area contributed by atoms with Crippen LogP contribution in [-0.4, -0.2) is 37.6 Å². The molecule has 1 aromatic rings. The molecule has 5 heteroatoms. The molecule has 0 spiro atoms. The van der Waals surface area contributed by atoms with Gasteiger partial charge in [0.1, 0.15) is 5.75 Å². The fourth-order valence-corrected chi connectivity index (χ4v) is 2.31. The zero-order valence-corrected chi connectivity index (χ0v) is 12.7. The van der Waals surface area contributed by atoms with Gasteiger partial charge in [-0.05, 0) is 37.1 Å². The number of nitrogens with zero attached hydrogens (tertiary/aromatic N) is 1. The lowest BCUT2D eigenvalue weighted by molar-refractivity contribution is -0.127. The second-order valence-electron chi connectivity index (χ2n) is 4.86. The number of methoxy groups -OCH3 is 1. The van der Waals surface area contributed by atoms with E-state index in [1.165, 1.54) is 5.56 Å². The molecule has 1 fully saturated rings. The number of carbonyl (C=O) groups is 1. The summed E-state index contributed by atoms with van der Waals surface area (Å²) in [4.78, 5) is 13.4. The number of nitrogens with one attached hydrogen (secondary N) is 1. The van der Waals surface area contributed by atoms with Crippen molar-refractivity contribution in [2.45, 2.75) is 25.8 Å². The molecule has 1 amide bonds. The molecule has 0 aliphatic carbocycles. The van der Waals surface area contributed by atoms with Gasteiger partial charge in [0.05, 0.1) is 7.11 Å². The average Bonchev–Trinajstić information content (AvgIpc) is 2.85. The third-order valence-electron chi connectivity index (χ3n) is 3.44. The van der Waals surface area contributed by atoms with Crippen molar-refractivity contribution in [2.75, 3.05) is 26.7 Å². The first kappa shape index (κ1) is 16.8. The van der Waals surface area contributed by atoms with Gasteiger partial charge in [0, 0.05) is 26.1 Å². The SMILES string of the molecule is COc1ccc(CNCCCN2CCCC2=O)cc1.[Cl-]. The smallest absolute Gasteiger partial charge is 0.222 e. The lowest BCUT2D eigenvalue weighted by Gasteiger charge is -2.15. The Kier molecular flexibility index (Phi) is 7.41. The van der Waals surface area contributed by atoms with Gasteiger partial charge in [0.25, 0.3) is 0 Å². The number of hydrogen-bond acceptors (Lipinski definition) is 3. The van der Waals surface area contributed by atoms with Gasteiger partial charge in [0.2, 0.25) is 5.91 Å². The van der Waals surface area contributed by atoms with Crippen LogP contribution in [-0.2, 0) is 11.3 Å². The first-order valence-electron chi connectivity index (χ1n) is 6.91. The molecule has 0 unspecified atom stereocenters. The number of hydrogen-bond donors (Lipinski definition) is 1. The van der Waals surface area contributed by atoms with Crippen molar-refractivity contribution in [3.63, 3.8) is 0 Å². The highest BCUT2D eigenvalue weighted by atomic mass is 35.5. The number of carbonyl (C=O) groups excluding carboxylic acids is 1. The summed E-state index contributed by atoms with van der Waals surface area (Å²) < 4.78 is 5.12. The van der Waals surface area contributed by atoms with Crippen LogP contribution in [0.25, 0.3) is 0 Å². The fraction of sp³-hybridized carbons (Fsp3) is 0.533. The summed E-state index contributed by atoms with van der Waals surface area (Å²) in [6.07, 6.45) is 2.78. The second-order valence-corrected chi connectivity index (χ2v) is 4.86. The fourth-order valence-electron chi connectivity index (χ4n) is 2.31. The van der Waals surface area contributed by atoms with E-state index in [2.05, 4.69) is 17.4 Å². The summed E-state index contributed by atoms with van der Waals surface area (Å²) in [5.41, 5.74) is 1.25. The van der Waals surface area contributed by atoms with Crippen LogP contribution in [0.2, 0.25) is 0 Å². The average molecular weight is 298 g/mol. The van der Waals surface area contributed by atoms with Crippen LogP contribution in [0.15, 0.2) is 24.3 Å². The van der Waals surface area contributed by atoms with Gasteiger partial charge in [-0.3, -0.25) is 4.79 Å². The molecular formula is C15H22ClN2O2-. The monoisotopic (exact) mass is 297 g/mol. The lowest BCUT2D eigenvalue weighted by atomic mass is 10.2. The van der Waals surface area contributed by atoms with Gasteiger partial charge < -0.3 is 27.4 Å². The van der Waals surface area contributed by atoms with Crippen LogP contribution < -0.4 is 22.5 Å². The van der Waals surface area contributed by atoms with Gasteiger partial charge in [-0.25, -0.2) is 0 Å². The first-order valence-corrected chi connectivity index (χ1v) is 6.91. The molecule has 112 valence electrons. The van der Waals surface area contributed by atoms with Crippen molar-refractivity contribution in [3.05, 3.63) is 29.8 Å². The standard InChI is InChI=1S/C15H22N2O2.ClH/c1-19-14-7-5-13(6-8-14)12-16-9-3-11-17-10-2-4-15(17)18;/h5-8,16H,2-4,9-12H2,1H3;1H/p-1. The predicted molar refractivity (Wildman–Crippen MR) is 75.1 cm³/mol. The largest absolute Gasteiger partial charge is 1.00 e. The molecule has 1 aromatic carbocycles. The van der Waals surface area contributed by atoms with Crippen LogP contribution in [0.4, 0.5) is 0 Å². The molecule has 1 N–H and O–H groups in total. The highest BCUT2D eigenvalue weighted by Crippen LogP contribution is 2.11. The van der Waals surface area contributed by atoms with E-state index in [1.807, 2.05) is 17.0 Å². The van der Waals surface area contributed by atoms with Crippen LogP contribution in [0, 0.1) is 0 Å². The Morgan fingerprint density at radius 1 is 1.30 bits per heavy atom. The van der Waals surface area contributed by atoms with E-state index >= 15 is 0 Å². The van der Waals surface area contributed by atoms with Crippen molar-refractivity contribution >= 4 is 5.91 Å². The Bertz CT molecular complexity index is 409. The molecule has 0 radical (unpaired) electrons. The molecule has 1 aliphatic heterocycles. The maximum absolute atomic E-state index is 11.4. The van der Waals surface area contributed by atoms with Gasteiger partial charge in [-0.15, -0.1) is 0 Å². The number of rotatable bonds is 7. The molecule has 1 aliphatic rings. The highest BCUT2D eigenvalue weighted by Gasteiger charge is 2.18. The van der Waals surface area contributed by atoms with Crippen molar-refractivity contribution < 1.29 is 21.9 Å². The minimum atomic E-state index is 0. The highest BCUT2D eigenvalue weighted by molar-refractivity contribution is 5.77. The Morgan fingerprint density at radius 3 is 2.65 bits per heavy atom. The van der Waals surface area contributed by atoms with E-state index in [1.54, 1.807) is 7.11 Å². The summed E-state index contributed by atoms with van der Waals surface area (Å²) >= 11 is 0. The second kappa shape index (κ2) is 8.82. The Labute approximate surface area is 126 Å². The summed E-state index contributed by atoms with van der Waals surface area (Å²) in [5.74, 6) is 1.20. The van der Waals surface area contributed by atoms with E-state index in [4.69, 9.17) is 4.74 Å². The Morgan fingerprint density at radius 2 is 2.05 bits per heavy atom. The number of benzene rings is 1. The molecule has 1 heterocycles. The zero-order chi connectivity index (χ0) is 13.5. The van der Waals surface area contributed by atoms with Crippen LogP contribution in [0.3, 0.4) is 0 Å². The van der Waals surface area contributed by atoms with Gasteiger partial charge in [0.15, 0.2) is 0 Å². The molecule has 20 heavy (non-hydrogen) atoms. The minimum Gasteiger partial charge on any atom is -1.00 e. The Hall–Kier alpha value is -1.26. The predicted octanol–water partition coefficient (Wildman–Crippen LogP) is -1.20. The summed E-state index contributed by atoms with van der Waals surface area (Å²) in [7, 11) is 1.67. The third-order valence-corrected chi connectivity index (χ3v) is 3.44. The maximum Gasteiger partial charge on any atom is 0.222 e. The van der Waals surface area contributed by atoms with Gasteiger partial charge in [-0.1, -0.05) is 12.1 Å². The quantitative estimate of drug-likeness (QED) is 0.643. The molecule has 4 nitrogen and oxygen atoms in total. The number of amides is 1. The Balaban J connectivity index is 0.00000200. The van der Waals surface area contributed by atoms with Crippen molar-refractivity contribution in [2.24, 2.45) is 0 Å². The number of halogens is 1. The molecule has 0 aromatic heterocycles. The maximum atomic E-state index is 11.4. The van der Waals surface area contributed by atoms with E-state index in [0.29, 0.717) is 5.91 Å². The molecule has 2 rings (SSSR count). The van der Waals surface area contributed by atoms with Gasteiger partial charge >= 0.3 is 0 Å². The molecule has 1 saturated heterocycles. The number of ether oxygens (including phenoxy) is 1. The van der Waals surface area contributed by atoms with Crippen molar-refractivity contribution in [3.8, 4) is 5.75 Å². The lowest BCUT2D eigenvalue weighted by Crippen LogP contribution is -3.00.